The average Bonchev–Trinajstić information content (AvgIpc) is 2.86. The highest BCUT2D eigenvalue weighted by atomic mass is 35.5. The van der Waals surface area contributed by atoms with Crippen LogP contribution in [0.2, 0.25) is 5.15 Å². The highest BCUT2D eigenvalue weighted by molar-refractivity contribution is 6.34. The molecule has 0 radical (unpaired) electrons. The predicted molar refractivity (Wildman–Crippen MR) is 83.4 cm³/mol. The number of hydrogen-bond acceptors (Lipinski definition) is 3. The number of halogens is 2. The molecule has 2 atom stereocenters. The fourth-order valence-electron chi connectivity index (χ4n) is 4.59. The Morgan fingerprint density at radius 1 is 1.32 bits per heavy atom. The fourth-order valence-corrected chi connectivity index (χ4v) is 4.83. The molecule has 2 bridgehead atoms. The minimum Gasteiger partial charge on any atom is -0.373 e. The molecule has 2 N–H and O–H groups in total. The number of benzene rings is 1. The molecule has 118 valence electrons. The van der Waals surface area contributed by atoms with Crippen molar-refractivity contribution in [3.05, 3.63) is 28.7 Å². The standard InChI is InChI=1S/C16H19ClFN3O/c1-22-16(9-3-2-4-10(16)8-19-7-9)12-5-11(18)6-13-14(12)15(17)21-20-13/h5-6,9-10,19H,2-4,7-8H2,1H3,(H,20,21). The van der Waals surface area contributed by atoms with Gasteiger partial charge < -0.3 is 10.1 Å². The van der Waals surface area contributed by atoms with Crippen molar-refractivity contribution < 1.29 is 9.13 Å². The Morgan fingerprint density at radius 3 is 2.73 bits per heavy atom. The van der Waals surface area contributed by atoms with Crippen molar-refractivity contribution in [2.75, 3.05) is 20.2 Å². The highest BCUT2D eigenvalue weighted by Gasteiger charge is 2.52. The zero-order valence-electron chi connectivity index (χ0n) is 12.5. The first-order valence-corrected chi connectivity index (χ1v) is 8.14. The number of piperidine rings is 1. The summed E-state index contributed by atoms with van der Waals surface area (Å²) >= 11 is 6.29. The van der Waals surface area contributed by atoms with Crippen molar-refractivity contribution >= 4 is 22.5 Å². The van der Waals surface area contributed by atoms with Crippen LogP contribution in [0.25, 0.3) is 10.9 Å². The third-order valence-electron chi connectivity index (χ3n) is 5.44. The Kier molecular flexibility index (Phi) is 3.40. The van der Waals surface area contributed by atoms with Gasteiger partial charge in [-0.05, 0) is 30.5 Å². The first kappa shape index (κ1) is 14.4. The van der Waals surface area contributed by atoms with Crippen LogP contribution in [0.5, 0.6) is 0 Å². The van der Waals surface area contributed by atoms with Gasteiger partial charge in [-0.25, -0.2) is 4.39 Å². The summed E-state index contributed by atoms with van der Waals surface area (Å²) in [5, 5.41) is 11.5. The summed E-state index contributed by atoms with van der Waals surface area (Å²) in [5.74, 6) is 0.359. The lowest BCUT2D eigenvalue weighted by molar-refractivity contribution is -0.143. The van der Waals surface area contributed by atoms with Crippen LogP contribution in [0.15, 0.2) is 12.1 Å². The van der Waals surface area contributed by atoms with E-state index in [1.54, 1.807) is 13.2 Å². The van der Waals surface area contributed by atoms with Gasteiger partial charge in [0.15, 0.2) is 5.15 Å². The van der Waals surface area contributed by atoms with Gasteiger partial charge >= 0.3 is 0 Å². The van der Waals surface area contributed by atoms with Crippen LogP contribution in [-0.2, 0) is 10.3 Å². The quantitative estimate of drug-likeness (QED) is 0.892. The lowest BCUT2D eigenvalue weighted by Crippen LogP contribution is -2.58. The van der Waals surface area contributed by atoms with Crippen molar-refractivity contribution in [3.8, 4) is 0 Å². The number of methoxy groups -OCH3 is 1. The smallest absolute Gasteiger partial charge is 0.159 e. The number of fused-ring (bicyclic) bond motifs is 3. The number of rotatable bonds is 2. The molecule has 1 aliphatic carbocycles. The van der Waals surface area contributed by atoms with Crippen molar-refractivity contribution in [1.82, 2.24) is 15.5 Å². The van der Waals surface area contributed by atoms with Crippen molar-refractivity contribution in [2.45, 2.75) is 24.9 Å². The molecule has 1 saturated heterocycles. The second-order valence-corrected chi connectivity index (χ2v) is 6.73. The molecule has 0 spiro atoms. The maximum atomic E-state index is 14.2. The minimum atomic E-state index is -0.489. The van der Waals surface area contributed by atoms with Crippen LogP contribution in [0.4, 0.5) is 4.39 Å². The van der Waals surface area contributed by atoms with E-state index in [0.29, 0.717) is 22.5 Å². The van der Waals surface area contributed by atoms with E-state index < -0.39 is 5.60 Å². The summed E-state index contributed by atoms with van der Waals surface area (Å²) in [5.41, 5.74) is 0.991. The highest BCUT2D eigenvalue weighted by Crippen LogP contribution is 2.52. The summed E-state index contributed by atoms with van der Waals surface area (Å²) in [6, 6.07) is 3.03. The molecule has 4 nitrogen and oxygen atoms in total. The second kappa shape index (κ2) is 5.18. The topological polar surface area (TPSA) is 49.9 Å². The molecule has 2 aliphatic rings. The maximum absolute atomic E-state index is 14.2. The van der Waals surface area contributed by atoms with E-state index in [2.05, 4.69) is 15.5 Å². The largest absolute Gasteiger partial charge is 0.373 e. The van der Waals surface area contributed by atoms with Crippen LogP contribution < -0.4 is 5.32 Å². The molecule has 2 heterocycles. The van der Waals surface area contributed by atoms with Gasteiger partial charge in [-0.15, -0.1) is 0 Å². The first-order chi connectivity index (χ1) is 10.7. The van der Waals surface area contributed by atoms with Crippen molar-refractivity contribution in [2.24, 2.45) is 11.8 Å². The molecule has 1 aromatic heterocycles. The maximum Gasteiger partial charge on any atom is 0.159 e. The average molecular weight is 324 g/mol. The lowest BCUT2D eigenvalue weighted by Gasteiger charge is -2.52. The van der Waals surface area contributed by atoms with E-state index in [1.807, 2.05) is 0 Å². The van der Waals surface area contributed by atoms with Gasteiger partial charge in [0.05, 0.1) is 5.52 Å². The minimum absolute atomic E-state index is 0.282. The van der Waals surface area contributed by atoms with Crippen molar-refractivity contribution in [1.29, 1.82) is 0 Å². The molecule has 0 amide bonds. The number of H-pyrrole nitrogens is 1. The van der Waals surface area contributed by atoms with E-state index in [9.17, 15) is 4.39 Å². The zero-order chi connectivity index (χ0) is 15.3. The molecule has 1 aromatic carbocycles. The monoisotopic (exact) mass is 323 g/mol. The number of nitrogens with one attached hydrogen (secondary N) is 2. The normalized spacial score (nSPS) is 31.6. The number of aromatic nitrogens is 2. The summed E-state index contributed by atoms with van der Waals surface area (Å²) in [6.45, 7) is 1.77. The molecular formula is C16H19ClFN3O. The summed E-state index contributed by atoms with van der Waals surface area (Å²) < 4.78 is 20.3. The second-order valence-electron chi connectivity index (χ2n) is 6.37. The van der Waals surface area contributed by atoms with E-state index in [-0.39, 0.29) is 5.82 Å². The first-order valence-electron chi connectivity index (χ1n) is 7.76. The van der Waals surface area contributed by atoms with Gasteiger partial charge in [0.1, 0.15) is 11.4 Å². The number of nitrogens with zero attached hydrogens (tertiary/aromatic N) is 1. The third kappa shape index (κ3) is 1.85. The molecule has 6 heteroatoms. The summed E-state index contributed by atoms with van der Waals surface area (Å²) in [7, 11) is 1.74. The molecule has 4 rings (SSSR count). The van der Waals surface area contributed by atoms with E-state index in [4.69, 9.17) is 16.3 Å². The number of ether oxygens (including phenoxy) is 1. The van der Waals surface area contributed by atoms with Gasteiger partial charge in [-0.2, -0.15) is 5.10 Å². The van der Waals surface area contributed by atoms with E-state index >= 15 is 0 Å². The van der Waals surface area contributed by atoms with Crippen LogP contribution in [-0.4, -0.2) is 30.4 Å². The Morgan fingerprint density at radius 2 is 2.05 bits per heavy atom. The fraction of sp³-hybridized carbons (Fsp3) is 0.562. The van der Waals surface area contributed by atoms with Crippen LogP contribution in [0.3, 0.4) is 0 Å². The van der Waals surface area contributed by atoms with Gasteiger partial charge in [0.25, 0.3) is 0 Å². The van der Waals surface area contributed by atoms with E-state index in [0.717, 1.165) is 36.9 Å². The van der Waals surface area contributed by atoms with Crippen LogP contribution >= 0.6 is 11.6 Å². The van der Waals surface area contributed by atoms with Gasteiger partial charge in [-0.3, -0.25) is 5.10 Å². The Bertz CT molecular complexity index is 695. The van der Waals surface area contributed by atoms with E-state index in [1.165, 1.54) is 12.5 Å². The molecule has 2 aromatic rings. The molecular weight excluding hydrogens is 305 g/mol. The zero-order valence-corrected chi connectivity index (χ0v) is 13.2. The number of aromatic amines is 1. The Labute approximate surface area is 133 Å². The van der Waals surface area contributed by atoms with Gasteiger partial charge in [0.2, 0.25) is 0 Å². The molecule has 2 fully saturated rings. The molecule has 2 unspecified atom stereocenters. The van der Waals surface area contributed by atoms with Crippen LogP contribution in [0, 0.1) is 17.7 Å². The Balaban J connectivity index is 2.00. The number of hydrogen-bond donors (Lipinski definition) is 2. The Hall–Kier alpha value is -1.17. The summed E-state index contributed by atoms with van der Waals surface area (Å²) in [6.07, 6.45) is 3.34. The molecule has 22 heavy (non-hydrogen) atoms. The molecule has 1 aliphatic heterocycles. The molecule has 1 saturated carbocycles. The predicted octanol–water partition coefficient (Wildman–Crippen LogP) is 3.22. The van der Waals surface area contributed by atoms with Gasteiger partial charge in [-0.1, -0.05) is 18.0 Å². The lowest BCUT2D eigenvalue weighted by atomic mass is 9.62. The van der Waals surface area contributed by atoms with Crippen LogP contribution in [0.1, 0.15) is 24.8 Å². The summed E-state index contributed by atoms with van der Waals surface area (Å²) in [4.78, 5) is 0. The van der Waals surface area contributed by atoms with Gasteiger partial charge in [0, 0.05) is 37.4 Å². The van der Waals surface area contributed by atoms with Crippen molar-refractivity contribution in [3.63, 3.8) is 0 Å². The third-order valence-corrected chi connectivity index (χ3v) is 5.72. The SMILES string of the molecule is COC1(c2cc(F)cc3[nH]nc(Cl)c23)C2CCCC1CNC2.